The number of hydrogen-bond acceptors (Lipinski definition) is 7. The quantitative estimate of drug-likeness (QED) is 0.343. The van der Waals surface area contributed by atoms with Crippen molar-refractivity contribution >= 4 is 40.0 Å². The Labute approximate surface area is 167 Å². The molecule has 2 aromatic rings. The molecule has 0 bridgehead atoms. The molecule has 0 saturated heterocycles. The Balaban J connectivity index is 0.00000243. The maximum Gasteiger partial charge on any atom is 0.339 e. The van der Waals surface area contributed by atoms with Crippen LogP contribution in [0.5, 0.6) is 11.5 Å². The predicted octanol–water partition coefficient (Wildman–Crippen LogP) is 4.40. The fourth-order valence-corrected chi connectivity index (χ4v) is 4.20. The fourth-order valence-electron chi connectivity index (χ4n) is 2.28. The van der Waals surface area contributed by atoms with Gasteiger partial charge < -0.3 is 14.2 Å². The maximum atomic E-state index is 11.7. The van der Waals surface area contributed by atoms with Gasteiger partial charge in [-0.3, -0.25) is 4.98 Å². The third kappa shape index (κ3) is 6.30. The number of pyridine rings is 1. The molecule has 1 aliphatic heterocycles. The number of ether oxygens (including phenoxy) is 3. The van der Waals surface area contributed by atoms with Gasteiger partial charge in [-0.2, -0.15) is 0 Å². The second-order valence-corrected chi connectivity index (χ2v) is 8.01. The van der Waals surface area contributed by atoms with Crippen LogP contribution in [0.25, 0.3) is 0 Å². The van der Waals surface area contributed by atoms with E-state index in [-0.39, 0.29) is 18.4 Å². The number of carbonyl (C=O) groups is 1. The van der Waals surface area contributed by atoms with Crippen molar-refractivity contribution in [1.29, 1.82) is 0 Å². The Hall–Kier alpha value is -1.57. The maximum absolute atomic E-state index is 11.7. The Morgan fingerprint density at radius 3 is 2.85 bits per heavy atom. The highest BCUT2D eigenvalue weighted by molar-refractivity contribution is 8.76. The van der Waals surface area contributed by atoms with E-state index in [1.807, 2.05) is 6.07 Å². The van der Waals surface area contributed by atoms with E-state index in [2.05, 4.69) is 17.1 Å². The molecule has 0 amide bonds. The van der Waals surface area contributed by atoms with E-state index >= 15 is 0 Å². The van der Waals surface area contributed by atoms with Crippen LogP contribution in [0.1, 0.15) is 22.3 Å². The molecule has 1 aromatic heterocycles. The Kier molecular flexibility index (Phi) is 8.94. The second-order valence-electron chi connectivity index (χ2n) is 5.31. The van der Waals surface area contributed by atoms with Gasteiger partial charge in [0.2, 0.25) is 6.79 Å². The Bertz CT molecular complexity index is 703. The van der Waals surface area contributed by atoms with Gasteiger partial charge >= 0.3 is 5.97 Å². The standard InChI is InChI=1S/C18H19NO4S2.ClH/c20-18(15-4-1-7-19-12-15)21-8-10-25-24-9-2-3-14-5-6-16-17(11-14)23-13-22-16;/h1,4-7,11-12H,2-3,8-10,13H2;1H. The van der Waals surface area contributed by atoms with Crippen molar-refractivity contribution in [2.45, 2.75) is 12.8 Å². The summed E-state index contributed by atoms with van der Waals surface area (Å²) in [4.78, 5) is 15.6. The molecule has 1 aliphatic rings. The lowest BCUT2D eigenvalue weighted by molar-refractivity contribution is 0.0530. The van der Waals surface area contributed by atoms with Crippen LogP contribution < -0.4 is 9.47 Å². The van der Waals surface area contributed by atoms with Gasteiger partial charge in [-0.05, 0) is 42.7 Å². The van der Waals surface area contributed by atoms with Gasteiger partial charge in [0.15, 0.2) is 11.5 Å². The first-order valence-electron chi connectivity index (χ1n) is 8.03. The van der Waals surface area contributed by atoms with Crippen molar-refractivity contribution in [1.82, 2.24) is 4.98 Å². The summed E-state index contributed by atoms with van der Waals surface area (Å²) in [6, 6.07) is 9.53. The molecule has 0 spiro atoms. The molecule has 1 aromatic carbocycles. The SMILES string of the molecule is Cl.O=C(OCCSSCCCc1ccc2c(c1)OCO2)c1cccnc1. The minimum absolute atomic E-state index is 0. The normalized spacial score (nSPS) is 11.7. The van der Waals surface area contributed by atoms with Crippen molar-refractivity contribution in [3.8, 4) is 11.5 Å². The minimum Gasteiger partial charge on any atom is -0.461 e. The summed E-state index contributed by atoms with van der Waals surface area (Å²) < 4.78 is 15.9. The van der Waals surface area contributed by atoms with Crippen LogP contribution in [0.15, 0.2) is 42.7 Å². The van der Waals surface area contributed by atoms with E-state index in [1.54, 1.807) is 39.9 Å². The molecular formula is C18H20ClNO4S2. The fraction of sp³-hybridized carbons (Fsp3) is 0.333. The zero-order valence-corrected chi connectivity index (χ0v) is 16.5. The number of rotatable bonds is 9. The highest BCUT2D eigenvalue weighted by atomic mass is 35.5. The average molecular weight is 414 g/mol. The summed E-state index contributed by atoms with van der Waals surface area (Å²) in [6.45, 7) is 0.726. The summed E-state index contributed by atoms with van der Waals surface area (Å²) in [5, 5.41) is 0. The topological polar surface area (TPSA) is 57.7 Å². The van der Waals surface area contributed by atoms with E-state index in [0.717, 1.165) is 35.8 Å². The number of aromatic nitrogens is 1. The number of hydrogen-bond donors (Lipinski definition) is 0. The first-order valence-corrected chi connectivity index (χ1v) is 10.5. The molecule has 5 nitrogen and oxygen atoms in total. The lowest BCUT2D eigenvalue weighted by Gasteiger charge is -2.05. The zero-order chi connectivity index (χ0) is 17.3. The molecule has 0 N–H and O–H groups in total. The summed E-state index contributed by atoms with van der Waals surface area (Å²) in [6.07, 6.45) is 5.25. The van der Waals surface area contributed by atoms with Crippen LogP contribution in [0.3, 0.4) is 0 Å². The van der Waals surface area contributed by atoms with E-state index < -0.39 is 0 Å². The monoisotopic (exact) mass is 413 g/mol. The van der Waals surface area contributed by atoms with Crippen LogP contribution in [-0.2, 0) is 11.2 Å². The lowest BCUT2D eigenvalue weighted by Crippen LogP contribution is -2.07. The zero-order valence-electron chi connectivity index (χ0n) is 14.1. The summed E-state index contributed by atoms with van der Waals surface area (Å²) in [7, 11) is 3.53. The minimum atomic E-state index is -0.318. The average Bonchev–Trinajstić information content (AvgIpc) is 3.12. The number of benzene rings is 1. The second kappa shape index (κ2) is 11.2. The van der Waals surface area contributed by atoms with E-state index in [4.69, 9.17) is 14.2 Å². The number of nitrogens with zero attached hydrogens (tertiary/aromatic N) is 1. The highest BCUT2D eigenvalue weighted by Gasteiger charge is 2.12. The van der Waals surface area contributed by atoms with Gasteiger partial charge in [0.1, 0.15) is 6.61 Å². The molecule has 0 saturated carbocycles. The number of fused-ring (bicyclic) bond motifs is 1. The summed E-state index contributed by atoms with van der Waals surface area (Å²) in [5.74, 6) is 3.18. The summed E-state index contributed by atoms with van der Waals surface area (Å²) in [5.41, 5.74) is 1.75. The van der Waals surface area contributed by atoms with Gasteiger partial charge in [-0.25, -0.2) is 4.79 Å². The number of carbonyl (C=O) groups excluding carboxylic acids is 1. The smallest absolute Gasteiger partial charge is 0.339 e. The highest BCUT2D eigenvalue weighted by Crippen LogP contribution is 2.33. The molecule has 0 unspecified atom stereocenters. The van der Waals surface area contributed by atoms with Crippen molar-refractivity contribution < 1.29 is 19.0 Å². The first kappa shape index (κ1) is 20.7. The third-order valence-corrected chi connectivity index (χ3v) is 5.97. The van der Waals surface area contributed by atoms with Crippen LogP contribution >= 0.6 is 34.0 Å². The van der Waals surface area contributed by atoms with E-state index in [0.29, 0.717) is 19.0 Å². The molecule has 26 heavy (non-hydrogen) atoms. The van der Waals surface area contributed by atoms with E-state index in [1.165, 1.54) is 11.8 Å². The Morgan fingerprint density at radius 1 is 1.15 bits per heavy atom. The molecule has 0 radical (unpaired) electrons. The van der Waals surface area contributed by atoms with Gasteiger partial charge in [0.05, 0.1) is 5.56 Å². The molecule has 0 fully saturated rings. The molecule has 0 aliphatic carbocycles. The molecular weight excluding hydrogens is 394 g/mol. The van der Waals surface area contributed by atoms with Gasteiger partial charge in [0.25, 0.3) is 0 Å². The summed E-state index contributed by atoms with van der Waals surface area (Å²) >= 11 is 0. The van der Waals surface area contributed by atoms with Crippen molar-refractivity contribution in [2.75, 3.05) is 24.9 Å². The molecule has 3 rings (SSSR count). The molecule has 0 atom stereocenters. The van der Waals surface area contributed by atoms with Crippen LogP contribution in [-0.4, -0.2) is 35.9 Å². The van der Waals surface area contributed by atoms with Crippen molar-refractivity contribution in [3.05, 3.63) is 53.9 Å². The van der Waals surface area contributed by atoms with Gasteiger partial charge in [-0.1, -0.05) is 27.7 Å². The predicted molar refractivity (Wildman–Crippen MR) is 108 cm³/mol. The van der Waals surface area contributed by atoms with Crippen molar-refractivity contribution in [3.63, 3.8) is 0 Å². The van der Waals surface area contributed by atoms with Crippen LogP contribution in [0, 0.1) is 0 Å². The number of halogens is 1. The lowest BCUT2D eigenvalue weighted by atomic mass is 10.1. The van der Waals surface area contributed by atoms with Crippen molar-refractivity contribution in [2.24, 2.45) is 0 Å². The third-order valence-electron chi connectivity index (χ3n) is 3.51. The van der Waals surface area contributed by atoms with Crippen LogP contribution in [0.4, 0.5) is 0 Å². The number of esters is 1. The first-order chi connectivity index (χ1) is 12.3. The van der Waals surface area contributed by atoms with Gasteiger partial charge in [-0.15, -0.1) is 12.4 Å². The number of aryl methyl sites for hydroxylation is 1. The Morgan fingerprint density at radius 2 is 2.00 bits per heavy atom. The molecule has 8 heteroatoms. The van der Waals surface area contributed by atoms with Crippen LogP contribution in [0.2, 0.25) is 0 Å². The largest absolute Gasteiger partial charge is 0.461 e. The van der Waals surface area contributed by atoms with E-state index in [9.17, 15) is 4.79 Å². The van der Waals surface area contributed by atoms with Gasteiger partial charge in [0, 0.05) is 23.9 Å². The molecule has 2 heterocycles. The molecule has 140 valence electrons.